The molecule has 4 heteroatoms. The monoisotopic (exact) mass is 163 g/mol. The minimum Gasteiger partial charge on any atom is -0.325 e. The average Bonchev–Trinajstić information content (AvgIpc) is 2.05. The van der Waals surface area contributed by atoms with Gasteiger partial charge >= 0.3 is 0 Å². The number of H-pyrrole nitrogens is 1. The number of hydrogen-bond acceptors (Lipinski definition) is 3. The Hall–Kier alpha value is -1.60. The van der Waals surface area contributed by atoms with Crippen molar-refractivity contribution in [2.45, 2.75) is 12.5 Å². The number of pyridine rings is 1. The zero-order chi connectivity index (χ0) is 8.97. The zero-order valence-electron chi connectivity index (χ0n) is 6.45. The van der Waals surface area contributed by atoms with E-state index in [1.54, 1.807) is 12.1 Å². The van der Waals surface area contributed by atoms with Crippen LogP contribution >= 0.6 is 0 Å². The molecule has 0 aliphatic rings. The van der Waals surface area contributed by atoms with Crippen LogP contribution in [0, 0.1) is 11.3 Å². The van der Waals surface area contributed by atoms with E-state index in [4.69, 9.17) is 11.0 Å². The molecule has 1 aromatic heterocycles. The van der Waals surface area contributed by atoms with Crippen LogP contribution in [0.5, 0.6) is 0 Å². The van der Waals surface area contributed by atoms with E-state index >= 15 is 0 Å². The van der Waals surface area contributed by atoms with E-state index in [2.05, 4.69) is 4.98 Å². The number of aromatic nitrogens is 1. The lowest BCUT2D eigenvalue weighted by molar-refractivity contribution is 0.716. The van der Waals surface area contributed by atoms with E-state index in [1.165, 1.54) is 6.07 Å². The standard InChI is InChI=1S/C8H9N3O/c9-5-4-6(10)7-2-1-3-8(12)11-7/h1-3,6H,4,10H2,(H,11,12). The third-order valence-electron chi connectivity index (χ3n) is 1.50. The molecule has 1 rings (SSSR count). The van der Waals surface area contributed by atoms with Crippen molar-refractivity contribution in [1.29, 1.82) is 5.26 Å². The molecule has 0 saturated heterocycles. The number of nitrogens with zero attached hydrogens (tertiary/aromatic N) is 1. The highest BCUT2D eigenvalue weighted by atomic mass is 16.1. The Morgan fingerprint density at radius 1 is 1.67 bits per heavy atom. The normalized spacial score (nSPS) is 12.0. The lowest BCUT2D eigenvalue weighted by Gasteiger charge is -2.05. The van der Waals surface area contributed by atoms with Crippen LogP contribution in [0.3, 0.4) is 0 Å². The van der Waals surface area contributed by atoms with Gasteiger partial charge < -0.3 is 10.7 Å². The van der Waals surface area contributed by atoms with Gasteiger partial charge in [0.25, 0.3) is 0 Å². The Bertz CT molecular complexity index is 350. The molecular formula is C8H9N3O. The van der Waals surface area contributed by atoms with E-state index in [-0.39, 0.29) is 12.0 Å². The highest BCUT2D eigenvalue weighted by molar-refractivity contribution is 5.09. The Labute approximate surface area is 69.6 Å². The molecule has 4 nitrogen and oxygen atoms in total. The molecular weight excluding hydrogens is 154 g/mol. The first-order valence-electron chi connectivity index (χ1n) is 3.56. The van der Waals surface area contributed by atoms with Crippen molar-refractivity contribution < 1.29 is 0 Å². The average molecular weight is 163 g/mol. The molecule has 0 amide bonds. The van der Waals surface area contributed by atoms with Crippen LogP contribution in [-0.4, -0.2) is 4.98 Å². The Balaban J connectivity index is 2.89. The number of hydrogen-bond donors (Lipinski definition) is 2. The molecule has 0 saturated carbocycles. The lowest BCUT2D eigenvalue weighted by Crippen LogP contribution is -2.15. The van der Waals surface area contributed by atoms with Crippen LogP contribution in [0.25, 0.3) is 0 Å². The van der Waals surface area contributed by atoms with E-state index in [0.29, 0.717) is 5.69 Å². The molecule has 3 N–H and O–H groups in total. The van der Waals surface area contributed by atoms with Crippen molar-refractivity contribution in [2.75, 3.05) is 0 Å². The molecule has 0 aliphatic heterocycles. The maximum atomic E-state index is 10.8. The predicted octanol–water partition coefficient (Wildman–Crippen LogP) is 0.288. The quantitative estimate of drug-likeness (QED) is 0.657. The molecule has 1 atom stereocenters. The van der Waals surface area contributed by atoms with Gasteiger partial charge in [-0.05, 0) is 6.07 Å². The van der Waals surface area contributed by atoms with Crippen LogP contribution < -0.4 is 11.3 Å². The summed E-state index contributed by atoms with van der Waals surface area (Å²) in [6, 6.07) is 6.26. The second-order valence-electron chi connectivity index (χ2n) is 2.44. The zero-order valence-corrected chi connectivity index (χ0v) is 6.45. The molecule has 0 aromatic carbocycles. The SMILES string of the molecule is N#CCC(N)c1cccc(=O)[nH]1. The molecule has 0 radical (unpaired) electrons. The van der Waals surface area contributed by atoms with E-state index in [0.717, 1.165) is 0 Å². The summed E-state index contributed by atoms with van der Waals surface area (Å²) in [6.07, 6.45) is 0.208. The van der Waals surface area contributed by atoms with Gasteiger partial charge in [-0.25, -0.2) is 0 Å². The third kappa shape index (κ3) is 1.94. The first-order chi connectivity index (χ1) is 5.74. The van der Waals surface area contributed by atoms with Crippen LogP contribution in [0.4, 0.5) is 0 Å². The summed E-state index contributed by atoms with van der Waals surface area (Å²) < 4.78 is 0. The molecule has 1 heterocycles. The highest BCUT2D eigenvalue weighted by Crippen LogP contribution is 2.07. The number of rotatable bonds is 2. The molecule has 0 fully saturated rings. The second-order valence-corrected chi connectivity index (χ2v) is 2.44. The summed E-state index contributed by atoms with van der Waals surface area (Å²) in [5.41, 5.74) is 5.99. The smallest absolute Gasteiger partial charge is 0.248 e. The van der Waals surface area contributed by atoms with Crippen molar-refractivity contribution >= 4 is 0 Å². The Kier molecular flexibility index (Phi) is 2.62. The predicted molar refractivity (Wildman–Crippen MR) is 44.2 cm³/mol. The van der Waals surface area contributed by atoms with Crippen LogP contribution in [0.2, 0.25) is 0 Å². The first kappa shape index (κ1) is 8.50. The summed E-state index contributed by atoms with van der Waals surface area (Å²) in [5, 5.41) is 8.35. The Morgan fingerprint density at radius 3 is 3.00 bits per heavy atom. The summed E-state index contributed by atoms with van der Waals surface area (Å²) in [7, 11) is 0. The van der Waals surface area contributed by atoms with Crippen molar-refractivity contribution in [3.8, 4) is 6.07 Å². The van der Waals surface area contributed by atoms with Gasteiger partial charge in [-0.3, -0.25) is 4.79 Å². The molecule has 0 aliphatic carbocycles. The number of nitrogens with one attached hydrogen (secondary N) is 1. The fourth-order valence-corrected chi connectivity index (χ4v) is 0.889. The fraction of sp³-hybridized carbons (Fsp3) is 0.250. The van der Waals surface area contributed by atoms with Gasteiger partial charge in [0.1, 0.15) is 0 Å². The topological polar surface area (TPSA) is 82.7 Å². The third-order valence-corrected chi connectivity index (χ3v) is 1.50. The summed E-state index contributed by atoms with van der Waals surface area (Å²) in [5.74, 6) is 0. The van der Waals surface area contributed by atoms with Gasteiger partial charge in [0.05, 0.1) is 18.5 Å². The van der Waals surface area contributed by atoms with E-state index in [1.807, 2.05) is 6.07 Å². The Morgan fingerprint density at radius 2 is 2.42 bits per heavy atom. The number of aromatic amines is 1. The molecule has 0 spiro atoms. The van der Waals surface area contributed by atoms with Crippen LogP contribution in [0.1, 0.15) is 18.2 Å². The highest BCUT2D eigenvalue weighted by Gasteiger charge is 2.04. The summed E-state index contributed by atoms with van der Waals surface area (Å²) in [6.45, 7) is 0. The van der Waals surface area contributed by atoms with E-state index < -0.39 is 6.04 Å². The van der Waals surface area contributed by atoms with Crippen LogP contribution in [0.15, 0.2) is 23.0 Å². The van der Waals surface area contributed by atoms with E-state index in [9.17, 15) is 4.79 Å². The minimum absolute atomic E-state index is 0.194. The maximum absolute atomic E-state index is 10.8. The van der Waals surface area contributed by atoms with Gasteiger partial charge in [-0.1, -0.05) is 6.07 Å². The van der Waals surface area contributed by atoms with Gasteiger partial charge in [0, 0.05) is 11.8 Å². The van der Waals surface area contributed by atoms with Gasteiger partial charge in [-0.15, -0.1) is 0 Å². The summed E-state index contributed by atoms with van der Waals surface area (Å²) >= 11 is 0. The lowest BCUT2D eigenvalue weighted by atomic mass is 10.1. The molecule has 62 valence electrons. The van der Waals surface area contributed by atoms with Crippen molar-refractivity contribution in [2.24, 2.45) is 5.73 Å². The molecule has 1 unspecified atom stereocenters. The molecule has 0 bridgehead atoms. The van der Waals surface area contributed by atoms with Gasteiger partial charge in [0.15, 0.2) is 0 Å². The fourth-order valence-electron chi connectivity index (χ4n) is 0.889. The second kappa shape index (κ2) is 3.69. The van der Waals surface area contributed by atoms with Gasteiger partial charge in [0.2, 0.25) is 5.56 Å². The number of nitriles is 1. The van der Waals surface area contributed by atoms with Crippen LogP contribution in [-0.2, 0) is 0 Å². The van der Waals surface area contributed by atoms with Crippen molar-refractivity contribution in [3.63, 3.8) is 0 Å². The largest absolute Gasteiger partial charge is 0.325 e. The maximum Gasteiger partial charge on any atom is 0.248 e. The van der Waals surface area contributed by atoms with Crippen molar-refractivity contribution in [1.82, 2.24) is 4.98 Å². The molecule has 12 heavy (non-hydrogen) atoms. The molecule has 1 aromatic rings. The summed E-state index contributed by atoms with van der Waals surface area (Å²) in [4.78, 5) is 13.4. The number of nitrogens with two attached hydrogens (primary N) is 1. The minimum atomic E-state index is -0.399. The first-order valence-corrected chi connectivity index (χ1v) is 3.56. The van der Waals surface area contributed by atoms with Crippen molar-refractivity contribution in [3.05, 3.63) is 34.2 Å². The van der Waals surface area contributed by atoms with Gasteiger partial charge in [-0.2, -0.15) is 5.26 Å².